The highest BCUT2D eigenvalue weighted by atomic mass is 35.5. The molecule has 0 aliphatic heterocycles. The lowest BCUT2D eigenvalue weighted by molar-refractivity contribution is -0.117. The van der Waals surface area contributed by atoms with E-state index in [1.807, 2.05) is 6.92 Å². The van der Waals surface area contributed by atoms with E-state index < -0.39 is 5.97 Å². The normalized spacial score (nSPS) is 10.2. The van der Waals surface area contributed by atoms with E-state index >= 15 is 0 Å². The molecule has 1 aromatic carbocycles. The first-order chi connectivity index (χ1) is 9.49. The maximum absolute atomic E-state index is 11.7. The second kappa shape index (κ2) is 7.72. The van der Waals surface area contributed by atoms with E-state index in [1.54, 1.807) is 0 Å². The van der Waals surface area contributed by atoms with Crippen molar-refractivity contribution in [2.45, 2.75) is 13.3 Å². The van der Waals surface area contributed by atoms with E-state index in [2.05, 4.69) is 5.32 Å². The Morgan fingerprint density at radius 3 is 2.65 bits per heavy atom. The Kier molecular flexibility index (Phi) is 6.27. The second-order valence-electron chi connectivity index (χ2n) is 3.83. The summed E-state index contributed by atoms with van der Waals surface area (Å²) in [4.78, 5) is 22.6. The van der Waals surface area contributed by atoms with Gasteiger partial charge in [-0.05, 0) is 13.0 Å². The SMILES string of the molecule is CCOCCC(=O)Nc1cc(OC)c(C(=O)O)cc1Cl. The summed E-state index contributed by atoms with van der Waals surface area (Å²) in [5.41, 5.74) is 0.236. The third-order valence-electron chi connectivity index (χ3n) is 2.47. The number of ether oxygens (including phenoxy) is 2. The molecule has 0 aliphatic rings. The third-order valence-corrected chi connectivity index (χ3v) is 2.78. The molecule has 6 nitrogen and oxygen atoms in total. The Morgan fingerprint density at radius 1 is 1.40 bits per heavy atom. The van der Waals surface area contributed by atoms with Gasteiger partial charge in [0.1, 0.15) is 11.3 Å². The number of methoxy groups -OCH3 is 1. The van der Waals surface area contributed by atoms with Crippen LogP contribution in [0.4, 0.5) is 5.69 Å². The van der Waals surface area contributed by atoms with E-state index in [0.717, 1.165) is 0 Å². The summed E-state index contributed by atoms with van der Waals surface area (Å²) < 4.78 is 10.0. The van der Waals surface area contributed by atoms with Crippen molar-refractivity contribution in [3.8, 4) is 5.75 Å². The Morgan fingerprint density at radius 2 is 2.10 bits per heavy atom. The van der Waals surface area contributed by atoms with E-state index in [9.17, 15) is 9.59 Å². The van der Waals surface area contributed by atoms with Gasteiger partial charge in [-0.25, -0.2) is 4.79 Å². The number of carbonyl (C=O) groups excluding carboxylic acids is 1. The molecule has 20 heavy (non-hydrogen) atoms. The monoisotopic (exact) mass is 301 g/mol. The summed E-state index contributed by atoms with van der Waals surface area (Å²) in [5.74, 6) is -1.30. The summed E-state index contributed by atoms with van der Waals surface area (Å²) in [5, 5.41) is 11.7. The average Bonchev–Trinajstić information content (AvgIpc) is 2.40. The van der Waals surface area contributed by atoms with Crippen LogP contribution >= 0.6 is 11.6 Å². The van der Waals surface area contributed by atoms with Gasteiger partial charge in [-0.2, -0.15) is 0 Å². The van der Waals surface area contributed by atoms with Crippen LogP contribution in [0.1, 0.15) is 23.7 Å². The van der Waals surface area contributed by atoms with Crippen molar-refractivity contribution in [2.24, 2.45) is 0 Å². The summed E-state index contributed by atoms with van der Waals surface area (Å²) in [6.07, 6.45) is 0.188. The number of amides is 1. The molecule has 0 unspecified atom stereocenters. The van der Waals surface area contributed by atoms with E-state index in [0.29, 0.717) is 18.9 Å². The number of aromatic carboxylic acids is 1. The maximum Gasteiger partial charge on any atom is 0.339 e. The van der Waals surface area contributed by atoms with Crippen LogP contribution in [0.3, 0.4) is 0 Å². The summed E-state index contributed by atoms with van der Waals surface area (Å²) in [7, 11) is 1.34. The van der Waals surface area contributed by atoms with Crippen molar-refractivity contribution < 1.29 is 24.2 Å². The van der Waals surface area contributed by atoms with Gasteiger partial charge in [-0.1, -0.05) is 11.6 Å². The zero-order valence-corrected chi connectivity index (χ0v) is 12.0. The van der Waals surface area contributed by atoms with Crippen molar-refractivity contribution in [2.75, 3.05) is 25.6 Å². The van der Waals surface area contributed by atoms with E-state index in [-0.39, 0.29) is 28.7 Å². The zero-order valence-electron chi connectivity index (χ0n) is 11.2. The molecule has 0 spiro atoms. The Hall–Kier alpha value is -1.79. The Balaban J connectivity index is 2.85. The number of carboxylic acid groups (broad SMARTS) is 1. The molecule has 110 valence electrons. The van der Waals surface area contributed by atoms with Gasteiger partial charge in [0.15, 0.2) is 0 Å². The lowest BCUT2D eigenvalue weighted by Crippen LogP contribution is -2.15. The molecule has 0 aliphatic carbocycles. The quantitative estimate of drug-likeness (QED) is 0.755. The number of hydrogen-bond donors (Lipinski definition) is 2. The highest BCUT2D eigenvalue weighted by Gasteiger charge is 2.16. The molecule has 0 bridgehead atoms. The van der Waals surface area contributed by atoms with Gasteiger partial charge in [0, 0.05) is 12.7 Å². The van der Waals surface area contributed by atoms with Gasteiger partial charge < -0.3 is 19.9 Å². The largest absolute Gasteiger partial charge is 0.496 e. The smallest absolute Gasteiger partial charge is 0.339 e. The Bertz CT molecular complexity index is 504. The molecule has 0 aromatic heterocycles. The van der Waals surface area contributed by atoms with E-state index in [4.69, 9.17) is 26.2 Å². The molecule has 0 saturated heterocycles. The van der Waals surface area contributed by atoms with Crippen LogP contribution in [0.2, 0.25) is 5.02 Å². The third kappa shape index (κ3) is 4.40. The van der Waals surface area contributed by atoms with Crippen LogP contribution < -0.4 is 10.1 Å². The van der Waals surface area contributed by atoms with Crippen molar-refractivity contribution in [1.82, 2.24) is 0 Å². The number of rotatable bonds is 7. The first-order valence-corrected chi connectivity index (χ1v) is 6.35. The number of carboxylic acids is 1. The minimum Gasteiger partial charge on any atom is -0.496 e. The fourth-order valence-corrected chi connectivity index (χ4v) is 1.72. The predicted molar refractivity (Wildman–Crippen MR) is 74.7 cm³/mol. The first-order valence-electron chi connectivity index (χ1n) is 5.98. The average molecular weight is 302 g/mol. The van der Waals surface area contributed by atoms with Gasteiger partial charge >= 0.3 is 5.97 Å². The molecule has 0 saturated carbocycles. The molecule has 1 amide bonds. The van der Waals surface area contributed by atoms with Crippen LogP contribution in [-0.2, 0) is 9.53 Å². The minimum atomic E-state index is -1.15. The van der Waals surface area contributed by atoms with E-state index in [1.165, 1.54) is 19.2 Å². The molecular weight excluding hydrogens is 286 g/mol. The topological polar surface area (TPSA) is 84.9 Å². The Labute approximate surface area is 121 Å². The number of benzene rings is 1. The molecule has 2 N–H and O–H groups in total. The van der Waals surface area contributed by atoms with Crippen LogP contribution in [0.5, 0.6) is 5.75 Å². The molecular formula is C13H16ClNO5. The maximum atomic E-state index is 11.7. The highest BCUT2D eigenvalue weighted by molar-refractivity contribution is 6.34. The number of nitrogens with one attached hydrogen (secondary N) is 1. The lowest BCUT2D eigenvalue weighted by Gasteiger charge is -2.11. The molecule has 0 radical (unpaired) electrons. The molecule has 0 atom stereocenters. The van der Waals surface area contributed by atoms with Crippen molar-refractivity contribution in [3.63, 3.8) is 0 Å². The fourth-order valence-electron chi connectivity index (χ4n) is 1.51. The number of hydrogen-bond acceptors (Lipinski definition) is 4. The van der Waals surface area contributed by atoms with Gasteiger partial charge in [0.25, 0.3) is 0 Å². The molecule has 0 fully saturated rings. The van der Waals surface area contributed by atoms with Crippen molar-refractivity contribution in [3.05, 3.63) is 22.7 Å². The van der Waals surface area contributed by atoms with Gasteiger partial charge in [0.05, 0.1) is 30.8 Å². The van der Waals surface area contributed by atoms with Gasteiger partial charge in [-0.15, -0.1) is 0 Å². The van der Waals surface area contributed by atoms with Crippen molar-refractivity contribution >= 4 is 29.2 Å². The zero-order chi connectivity index (χ0) is 15.1. The standard InChI is InChI=1S/C13H16ClNO5/c1-3-20-5-4-12(16)15-10-7-11(19-2)8(13(17)18)6-9(10)14/h6-7H,3-5H2,1-2H3,(H,15,16)(H,17,18). The number of anilines is 1. The first kappa shape index (κ1) is 16.3. The molecule has 1 rings (SSSR count). The fraction of sp³-hybridized carbons (Fsp3) is 0.385. The van der Waals surface area contributed by atoms with Gasteiger partial charge in [0.2, 0.25) is 5.91 Å². The number of carbonyl (C=O) groups is 2. The second-order valence-corrected chi connectivity index (χ2v) is 4.24. The van der Waals surface area contributed by atoms with Gasteiger partial charge in [-0.3, -0.25) is 4.79 Å². The minimum absolute atomic E-state index is 0.0650. The summed E-state index contributed by atoms with van der Waals surface area (Å²) in [6.45, 7) is 2.68. The predicted octanol–water partition coefficient (Wildman–Crippen LogP) is 2.41. The van der Waals surface area contributed by atoms with Crippen molar-refractivity contribution in [1.29, 1.82) is 0 Å². The molecule has 7 heteroatoms. The summed E-state index contributed by atoms with van der Waals surface area (Å²) >= 11 is 5.94. The van der Waals surface area contributed by atoms with Crippen LogP contribution in [0, 0.1) is 0 Å². The van der Waals surface area contributed by atoms with Crippen LogP contribution in [-0.4, -0.2) is 37.3 Å². The summed E-state index contributed by atoms with van der Waals surface area (Å²) in [6, 6.07) is 2.62. The lowest BCUT2D eigenvalue weighted by atomic mass is 10.1. The van der Waals surface area contributed by atoms with Crippen LogP contribution in [0.25, 0.3) is 0 Å². The number of halogens is 1. The molecule has 0 heterocycles. The highest BCUT2D eigenvalue weighted by Crippen LogP contribution is 2.31. The van der Waals surface area contributed by atoms with Crippen LogP contribution in [0.15, 0.2) is 12.1 Å². The molecule has 1 aromatic rings.